The maximum absolute atomic E-state index is 11.0. The summed E-state index contributed by atoms with van der Waals surface area (Å²) in [7, 11) is 1.63. The highest BCUT2D eigenvalue weighted by Gasteiger charge is 2.35. The second-order valence-corrected chi connectivity index (χ2v) is 4.05. The summed E-state index contributed by atoms with van der Waals surface area (Å²) in [5, 5.41) is 13.2. The molecule has 6 nitrogen and oxygen atoms in total. The lowest BCUT2D eigenvalue weighted by molar-refractivity contribution is -0.143. The van der Waals surface area contributed by atoms with Crippen LogP contribution in [0.3, 0.4) is 0 Å². The van der Waals surface area contributed by atoms with Gasteiger partial charge in [-0.3, -0.25) is 9.48 Å². The molecule has 94 valence electrons. The molecule has 0 saturated carbocycles. The molecule has 2 unspecified atom stereocenters. The quantitative estimate of drug-likeness (QED) is 0.819. The SMILES string of the molecule is COCCn1cc(C2OCCC2C(=O)O)cn1. The molecule has 1 aromatic rings. The third-order valence-corrected chi connectivity index (χ3v) is 2.92. The first-order chi connectivity index (χ1) is 8.22. The van der Waals surface area contributed by atoms with Gasteiger partial charge in [-0.25, -0.2) is 0 Å². The lowest BCUT2D eigenvalue weighted by atomic mass is 9.98. The number of nitrogens with zero attached hydrogens (tertiary/aromatic N) is 2. The zero-order valence-corrected chi connectivity index (χ0v) is 9.70. The number of methoxy groups -OCH3 is 1. The molecule has 0 radical (unpaired) electrons. The number of hydrogen-bond acceptors (Lipinski definition) is 4. The van der Waals surface area contributed by atoms with Crippen LogP contribution in [-0.2, 0) is 20.8 Å². The van der Waals surface area contributed by atoms with Crippen LogP contribution in [0.25, 0.3) is 0 Å². The van der Waals surface area contributed by atoms with Crippen molar-refractivity contribution >= 4 is 5.97 Å². The summed E-state index contributed by atoms with van der Waals surface area (Å²) in [6, 6.07) is 0. The Labute approximate surface area is 99.1 Å². The molecular formula is C11H16N2O4. The van der Waals surface area contributed by atoms with Gasteiger partial charge in [-0.05, 0) is 6.42 Å². The van der Waals surface area contributed by atoms with Crippen LogP contribution < -0.4 is 0 Å². The van der Waals surface area contributed by atoms with Gasteiger partial charge in [-0.2, -0.15) is 5.10 Å². The van der Waals surface area contributed by atoms with Gasteiger partial charge >= 0.3 is 5.97 Å². The zero-order chi connectivity index (χ0) is 12.3. The Morgan fingerprint density at radius 2 is 2.59 bits per heavy atom. The van der Waals surface area contributed by atoms with Crippen molar-refractivity contribution in [3.8, 4) is 0 Å². The van der Waals surface area contributed by atoms with Crippen molar-refractivity contribution in [1.82, 2.24) is 9.78 Å². The van der Waals surface area contributed by atoms with Crippen molar-refractivity contribution in [3.05, 3.63) is 18.0 Å². The Kier molecular flexibility index (Phi) is 3.75. The molecule has 0 bridgehead atoms. The van der Waals surface area contributed by atoms with E-state index in [-0.39, 0.29) is 6.10 Å². The van der Waals surface area contributed by atoms with Crippen molar-refractivity contribution < 1.29 is 19.4 Å². The predicted molar refractivity (Wildman–Crippen MR) is 58.5 cm³/mol. The molecule has 1 saturated heterocycles. The van der Waals surface area contributed by atoms with Gasteiger partial charge < -0.3 is 14.6 Å². The van der Waals surface area contributed by atoms with Crippen LogP contribution in [0, 0.1) is 5.92 Å². The van der Waals surface area contributed by atoms with Crippen molar-refractivity contribution in [3.63, 3.8) is 0 Å². The van der Waals surface area contributed by atoms with E-state index in [4.69, 9.17) is 14.6 Å². The lowest BCUT2D eigenvalue weighted by Gasteiger charge is -2.12. The lowest BCUT2D eigenvalue weighted by Crippen LogP contribution is -2.17. The van der Waals surface area contributed by atoms with Crippen molar-refractivity contribution in [2.24, 2.45) is 5.92 Å². The first-order valence-electron chi connectivity index (χ1n) is 5.58. The molecule has 1 fully saturated rings. The van der Waals surface area contributed by atoms with E-state index in [9.17, 15) is 4.79 Å². The summed E-state index contributed by atoms with van der Waals surface area (Å²) in [5.41, 5.74) is 0.825. The average Bonchev–Trinajstić information content (AvgIpc) is 2.94. The molecule has 0 spiro atoms. The smallest absolute Gasteiger partial charge is 0.309 e. The maximum Gasteiger partial charge on any atom is 0.309 e. The summed E-state index contributed by atoms with van der Waals surface area (Å²) in [5.74, 6) is -1.27. The van der Waals surface area contributed by atoms with Crippen LogP contribution in [0.4, 0.5) is 0 Å². The normalized spacial score (nSPS) is 24.1. The fourth-order valence-corrected chi connectivity index (χ4v) is 2.00. The minimum atomic E-state index is -0.808. The monoisotopic (exact) mass is 240 g/mol. The van der Waals surface area contributed by atoms with Crippen molar-refractivity contribution in [1.29, 1.82) is 0 Å². The van der Waals surface area contributed by atoms with Gasteiger partial charge in [0.2, 0.25) is 0 Å². The largest absolute Gasteiger partial charge is 0.481 e. The third kappa shape index (κ3) is 2.65. The minimum Gasteiger partial charge on any atom is -0.481 e. The number of carboxylic acids is 1. The first kappa shape index (κ1) is 12.1. The van der Waals surface area contributed by atoms with E-state index in [1.165, 1.54) is 0 Å². The number of carbonyl (C=O) groups is 1. The molecule has 17 heavy (non-hydrogen) atoms. The fourth-order valence-electron chi connectivity index (χ4n) is 2.00. The number of aromatic nitrogens is 2. The van der Waals surface area contributed by atoms with Crippen LogP contribution in [0.15, 0.2) is 12.4 Å². The van der Waals surface area contributed by atoms with Crippen LogP contribution in [0.2, 0.25) is 0 Å². The number of carboxylic acid groups (broad SMARTS) is 1. The van der Waals surface area contributed by atoms with Gasteiger partial charge in [0, 0.05) is 25.5 Å². The zero-order valence-electron chi connectivity index (χ0n) is 9.70. The molecule has 0 aliphatic carbocycles. The van der Waals surface area contributed by atoms with E-state index in [1.54, 1.807) is 18.0 Å². The van der Waals surface area contributed by atoms with Crippen LogP contribution in [0.1, 0.15) is 18.1 Å². The van der Waals surface area contributed by atoms with E-state index < -0.39 is 11.9 Å². The van der Waals surface area contributed by atoms with E-state index >= 15 is 0 Å². The molecule has 0 aromatic carbocycles. The van der Waals surface area contributed by atoms with Gasteiger partial charge in [-0.15, -0.1) is 0 Å². The standard InChI is InChI=1S/C11H16N2O4/c1-16-5-3-13-7-8(6-12-13)10-9(11(14)15)2-4-17-10/h6-7,9-10H,2-5H2,1H3,(H,14,15). The summed E-state index contributed by atoms with van der Waals surface area (Å²) in [6.07, 6.45) is 3.68. The summed E-state index contributed by atoms with van der Waals surface area (Å²) in [4.78, 5) is 11.0. The fraction of sp³-hybridized carbons (Fsp3) is 0.636. The van der Waals surface area contributed by atoms with Gasteiger partial charge in [0.1, 0.15) is 0 Å². The third-order valence-electron chi connectivity index (χ3n) is 2.92. The highest BCUT2D eigenvalue weighted by Crippen LogP contribution is 2.34. The van der Waals surface area contributed by atoms with Crippen LogP contribution in [-0.4, -0.2) is 41.2 Å². The molecule has 1 N–H and O–H groups in total. The summed E-state index contributed by atoms with van der Waals surface area (Å²) >= 11 is 0. The molecule has 1 aliphatic heterocycles. The molecule has 2 rings (SSSR count). The average molecular weight is 240 g/mol. The predicted octanol–water partition coefficient (Wildman–Crippen LogP) is 0.692. The Morgan fingerprint density at radius 3 is 3.29 bits per heavy atom. The highest BCUT2D eigenvalue weighted by molar-refractivity contribution is 5.71. The molecule has 1 aliphatic rings. The topological polar surface area (TPSA) is 73.6 Å². The highest BCUT2D eigenvalue weighted by atomic mass is 16.5. The van der Waals surface area contributed by atoms with Gasteiger partial charge in [0.15, 0.2) is 0 Å². The Balaban J connectivity index is 2.06. The number of rotatable bonds is 5. The first-order valence-corrected chi connectivity index (χ1v) is 5.58. The summed E-state index contributed by atoms with van der Waals surface area (Å²) in [6.45, 7) is 1.72. The van der Waals surface area contributed by atoms with Crippen molar-refractivity contribution in [2.45, 2.75) is 19.1 Å². The minimum absolute atomic E-state index is 0.371. The van der Waals surface area contributed by atoms with Crippen LogP contribution >= 0.6 is 0 Å². The number of ether oxygens (including phenoxy) is 2. The van der Waals surface area contributed by atoms with E-state index in [1.807, 2.05) is 6.20 Å². The molecule has 6 heteroatoms. The maximum atomic E-state index is 11.0. The number of aliphatic carboxylic acids is 1. The van der Waals surface area contributed by atoms with E-state index in [0.717, 1.165) is 5.56 Å². The van der Waals surface area contributed by atoms with Gasteiger partial charge in [0.25, 0.3) is 0 Å². The molecule has 0 amide bonds. The molecule has 2 heterocycles. The molecule has 1 aromatic heterocycles. The Bertz CT molecular complexity index is 391. The van der Waals surface area contributed by atoms with Crippen LogP contribution in [0.5, 0.6) is 0 Å². The Hall–Kier alpha value is -1.40. The van der Waals surface area contributed by atoms with Gasteiger partial charge in [0.05, 0.1) is 31.4 Å². The van der Waals surface area contributed by atoms with Gasteiger partial charge in [-0.1, -0.05) is 0 Å². The summed E-state index contributed by atoms with van der Waals surface area (Å²) < 4.78 is 12.2. The Morgan fingerprint density at radius 1 is 1.76 bits per heavy atom. The van der Waals surface area contributed by atoms with E-state index in [0.29, 0.717) is 26.2 Å². The van der Waals surface area contributed by atoms with E-state index in [2.05, 4.69) is 5.10 Å². The number of hydrogen-bond donors (Lipinski definition) is 1. The molecular weight excluding hydrogens is 224 g/mol. The second-order valence-electron chi connectivity index (χ2n) is 4.05. The second kappa shape index (κ2) is 5.29. The van der Waals surface area contributed by atoms with Crippen molar-refractivity contribution in [2.75, 3.05) is 20.3 Å². The molecule has 2 atom stereocenters.